The van der Waals surface area contributed by atoms with Gasteiger partial charge in [0.15, 0.2) is 5.82 Å². The molecule has 15 heavy (non-hydrogen) atoms. The lowest BCUT2D eigenvalue weighted by atomic mass is 10.1. The standard InChI is InChI=1S/C10H13N5/c11-8-5-6-12-10-13-9(14-15(8)10)7-3-1-2-4-7/h5-7H,1-4,11H2. The van der Waals surface area contributed by atoms with E-state index in [-0.39, 0.29) is 0 Å². The maximum absolute atomic E-state index is 5.79. The first-order valence-electron chi connectivity index (χ1n) is 5.32. The number of nitrogen functional groups attached to an aromatic ring is 1. The van der Waals surface area contributed by atoms with Crippen molar-refractivity contribution in [2.45, 2.75) is 31.6 Å². The van der Waals surface area contributed by atoms with Crippen LogP contribution in [-0.2, 0) is 0 Å². The minimum absolute atomic E-state index is 0.506. The van der Waals surface area contributed by atoms with Crippen molar-refractivity contribution in [3.63, 3.8) is 0 Å². The number of hydrogen-bond acceptors (Lipinski definition) is 4. The molecule has 0 bridgehead atoms. The van der Waals surface area contributed by atoms with Gasteiger partial charge in [0.25, 0.3) is 5.78 Å². The van der Waals surface area contributed by atoms with E-state index in [2.05, 4.69) is 15.1 Å². The largest absolute Gasteiger partial charge is 0.383 e. The summed E-state index contributed by atoms with van der Waals surface area (Å²) in [6.45, 7) is 0. The average molecular weight is 203 g/mol. The molecule has 78 valence electrons. The second-order valence-corrected chi connectivity index (χ2v) is 4.03. The van der Waals surface area contributed by atoms with Crippen LogP contribution in [0.1, 0.15) is 37.4 Å². The van der Waals surface area contributed by atoms with E-state index in [0.717, 1.165) is 5.82 Å². The lowest BCUT2D eigenvalue weighted by Gasteiger charge is -2.00. The molecule has 0 aliphatic heterocycles. The Morgan fingerprint density at radius 3 is 2.87 bits per heavy atom. The molecule has 0 unspecified atom stereocenters. The highest BCUT2D eigenvalue weighted by Crippen LogP contribution is 2.32. The molecule has 0 spiro atoms. The van der Waals surface area contributed by atoms with Crippen molar-refractivity contribution in [2.24, 2.45) is 0 Å². The van der Waals surface area contributed by atoms with E-state index in [1.807, 2.05) is 0 Å². The van der Waals surface area contributed by atoms with Crippen LogP contribution in [0.4, 0.5) is 5.82 Å². The first kappa shape index (κ1) is 8.64. The number of fused-ring (bicyclic) bond motifs is 1. The summed E-state index contributed by atoms with van der Waals surface area (Å²) in [6.07, 6.45) is 6.61. The van der Waals surface area contributed by atoms with Gasteiger partial charge in [0.1, 0.15) is 5.82 Å². The normalized spacial score (nSPS) is 17.6. The van der Waals surface area contributed by atoms with Gasteiger partial charge < -0.3 is 5.73 Å². The van der Waals surface area contributed by atoms with Crippen molar-refractivity contribution in [2.75, 3.05) is 5.73 Å². The number of nitrogens with zero attached hydrogens (tertiary/aromatic N) is 4. The zero-order valence-electron chi connectivity index (χ0n) is 8.43. The quantitative estimate of drug-likeness (QED) is 0.759. The van der Waals surface area contributed by atoms with Gasteiger partial charge in [-0.3, -0.25) is 0 Å². The predicted octanol–water partition coefficient (Wildman–Crippen LogP) is 1.36. The smallest absolute Gasteiger partial charge is 0.254 e. The Balaban J connectivity index is 2.09. The molecule has 1 aliphatic rings. The minimum Gasteiger partial charge on any atom is -0.383 e. The van der Waals surface area contributed by atoms with Crippen molar-refractivity contribution in [1.82, 2.24) is 19.6 Å². The van der Waals surface area contributed by atoms with Gasteiger partial charge >= 0.3 is 0 Å². The summed E-state index contributed by atoms with van der Waals surface area (Å²) >= 11 is 0. The third kappa shape index (κ3) is 1.35. The van der Waals surface area contributed by atoms with Crippen LogP contribution in [0.5, 0.6) is 0 Å². The van der Waals surface area contributed by atoms with Crippen LogP contribution in [0.15, 0.2) is 12.3 Å². The van der Waals surface area contributed by atoms with Gasteiger partial charge in [-0.25, -0.2) is 4.98 Å². The highest BCUT2D eigenvalue weighted by molar-refractivity contribution is 5.39. The molecule has 0 radical (unpaired) electrons. The van der Waals surface area contributed by atoms with Gasteiger partial charge in [-0.2, -0.15) is 9.50 Å². The van der Waals surface area contributed by atoms with Gasteiger partial charge in [0.05, 0.1) is 0 Å². The topological polar surface area (TPSA) is 69.1 Å². The number of rotatable bonds is 1. The number of hydrogen-bond donors (Lipinski definition) is 1. The lowest BCUT2D eigenvalue weighted by molar-refractivity contribution is 0.666. The second-order valence-electron chi connectivity index (χ2n) is 4.03. The Kier molecular flexibility index (Phi) is 1.83. The van der Waals surface area contributed by atoms with Crippen molar-refractivity contribution in [1.29, 1.82) is 0 Å². The van der Waals surface area contributed by atoms with E-state index in [9.17, 15) is 0 Å². The Hall–Kier alpha value is -1.65. The third-order valence-electron chi connectivity index (χ3n) is 3.01. The Labute approximate surface area is 87.3 Å². The summed E-state index contributed by atoms with van der Waals surface area (Å²) in [6, 6.07) is 1.74. The molecular formula is C10H13N5. The molecule has 0 atom stereocenters. The van der Waals surface area contributed by atoms with Crippen molar-refractivity contribution < 1.29 is 0 Å². The van der Waals surface area contributed by atoms with E-state index < -0.39 is 0 Å². The summed E-state index contributed by atoms with van der Waals surface area (Å²) in [4.78, 5) is 8.56. The molecule has 0 amide bonds. The third-order valence-corrected chi connectivity index (χ3v) is 3.01. The van der Waals surface area contributed by atoms with Crippen LogP contribution in [0, 0.1) is 0 Å². The lowest BCUT2D eigenvalue weighted by Crippen LogP contribution is -2.00. The fourth-order valence-corrected chi connectivity index (χ4v) is 2.18. The van der Waals surface area contributed by atoms with Crippen molar-refractivity contribution in [3.8, 4) is 0 Å². The second kappa shape index (κ2) is 3.18. The SMILES string of the molecule is Nc1ccnc2nc(C3CCCC3)nn12. The van der Waals surface area contributed by atoms with Crippen molar-refractivity contribution in [3.05, 3.63) is 18.1 Å². The molecule has 1 saturated carbocycles. The number of anilines is 1. The van der Waals surface area contributed by atoms with Crippen molar-refractivity contribution >= 4 is 11.6 Å². The maximum atomic E-state index is 5.79. The van der Waals surface area contributed by atoms with Crippen LogP contribution < -0.4 is 5.73 Å². The fourth-order valence-electron chi connectivity index (χ4n) is 2.18. The summed E-state index contributed by atoms with van der Waals surface area (Å²) in [7, 11) is 0. The molecule has 5 heteroatoms. The molecular weight excluding hydrogens is 190 g/mol. The van der Waals surface area contributed by atoms with E-state index in [4.69, 9.17) is 5.73 Å². The monoisotopic (exact) mass is 203 g/mol. The summed E-state index contributed by atoms with van der Waals surface area (Å²) < 4.78 is 1.62. The van der Waals surface area contributed by atoms with Crippen LogP contribution in [0.2, 0.25) is 0 Å². The molecule has 1 fully saturated rings. The highest BCUT2D eigenvalue weighted by atomic mass is 15.4. The molecule has 2 aromatic rings. The minimum atomic E-state index is 0.506. The highest BCUT2D eigenvalue weighted by Gasteiger charge is 2.21. The zero-order chi connectivity index (χ0) is 10.3. The van der Waals surface area contributed by atoms with Gasteiger partial charge in [0, 0.05) is 12.1 Å². The number of nitrogens with two attached hydrogens (primary N) is 1. The Bertz CT molecular complexity index is 484. The van der Waals surface area contributed by atoms with Gasteiger partial charge in [-0.1, -0.05) is 12.8 Å². The van der Waals surface area contributed by atoms with Crippen LogP contribution in [-0.4, -0.2) is 19.6 Å². The molecule has 0 aromatic carbocycles. The average Bonchev–Trinajstić information content (AvgIpc) is 2.86. The molecule has 2 N–H and O–H groups in total. The summed E-state index contributed by atoms with van der Waals surface area (Å²) in [5.74, 6) is 2.61. The maximum Gasteiger partial charge on any atom is 0.254 e. The van der Waals surface area contributed by atoms with Gasteiger partial charge in [-0.15, -0.1) is 5.10 Å². The first-order chi connectivity index (χ1) is 7.34. The Morgan fingerprint density at radius 1 is 1.33 bits per heavy atom. The van der Waals surface area contributed by atoms with Crippen LogP contribution >= 0.6 is 0 Å². The molecule has 5 nitrogen and oxygen atoms in total. The molecule has 2 heterocycles. The van der Waals surface area contributed by atoms with Crippen LogP contribution in [0.3, 0.4) is 0 Å². The first-order valence-corrected chi connectivity index (χ1v) is 5.32. The van der Waals surface area contributed by atoms with E-state index in [1.165, 1.54) is 25.7 Å². The predicted molar refractivity (Wildman–Crippen MR) is 56.4 cm³/mol. The van der Waals surface area contributed by atoms with Crippen LogP contribution in [0.25, 0.3) is 5.78 Å². The van der Waals surface area contributed by atoms with Gasteiger partial charge in [0.2, 0.25) is 0 Å². The van der Waals surface area contributed by atoms with E-state index >= 15 is 0 Å². The van der Waals surface area contributed by atoms with Gasteiger partial charge in [-0.05, 0) is 18.9 Å². The Morgan fingerprint density at radius 2 is 2.13 bits per heavy atom. The molecule has 3 rings (SSSR count). The molecule has 1 aliphatic carbocycles. The van der Waals surface area contributed by atoms with E-state index in [0.29, 0.717) is 17.5 Å². The fraction of sp³-hybridized carbons (Fsp3) is 0.500. The zero-order valence-corrected chi connectivity index (χ0v) is 8.43. The summed E-state index contributed by atoms with van der Waals surface area (Å²) in [5, 5.41) is 4.41. The summed E-state index contributed by atoms with van der Waals surface area (Å²) in [5.41, 5.74) is 5.79. The number of aromatic nitrogens is 4. The molecule has 0 saturated heterocycles. The molecule has 2 aromatic heterocycles. The van der Waals surface area contributed by atoms with E-state index in [1.54, 1.807) is 16.8 Å².